The van der Waals surface area contributed by atoms with E-state index in [2.05, 4.69) is 0 Å². The lowest BCUT2D eigenvalue weighted by Gasteiger charge is -2.22. The van der Waals surface area contributed by atoms with Crippen molar-refractivity contribution in [1.29, 1.82) is 0 Å². The standard InChI is InChI=1S/C25H24N2O4/c1-29-20-11-7-10-18(12-20)24-16-23(19-13-21(30-2)15-22(14-19)31-3)26-27(24)25(28)17-8-5-4-6-9-17/h4-15,24H,16H2,1-3H3/t24-/m0/s1. The number of carbonyl (C=O) groups is 1. The largest absolute Gasteiger partial charge is 0.497 e. The number of rotatable bonds is 6. The van der Waals surface area contributed by atoms with Gasteiger partial charge in [-0.15, -0.1) is 0 Å². The van der Waals surface area contributed by atoms with Crippen molar-refractivity contribution in [2.45, 2.75) is 12.5 Å². The number of hydrogen-bond acceptors (Lipinski definition) is 5. The third kappa shape index (κ3) is 4.23. The minimum absolute atomic E-state index is 0.154. The van der Waals surface area contributed by atoms with Crippen LogP contribution in [0.5, 0.6) is 17.2 Å². The maximum atomic E-state index is 13.3. The number of amides is 1. The summed E-state index contributed by atoms with van der Waals surface area (Å²) >= 11 is 0. The number of methoxy groups -OCH3 is 3. The Morgan fingerprint density at radius 2 is 1.52 bits per heavy atom. The molecule has 6 heteroatoms. The molecule has 0 bridgehead atoms. The Bertz CT molecular complexity index is 1090. The molecule has 0 fully saturated rings. The minimum atomic E-state index is -0.255. The van der Waals surface area contributed by atoms with Crippen LogP contribution in [0.4, 0.5) is 0 Å². The molecule has 3 aromatic rings. The van der Waals surface area contributed by atoms with E-state index in [0.29, 0.717) is 23.5 Å². The van der Waals surface area contributed by atoms with Gasteiger partial charge in [-0.05, 0) is 42.0 Å². The summed E-state index contributed by atoms with van der Waals surface area (Å²) in [5.74, 6) is 1.92. The third-order valence-corrected chi connectivity index (χ3v) is 5.30. The first-order chi connectivity index (χ1) is 15.1. The van der Waals surface area contributed by atoms with Crippen molar-refractivity contribution in [1.82, 2.24) is 5.01 Å². The highest BCUT2D eigenvalue weighted by Crippen LogP contribution is 2.36. The molecule has 158 valence electrons. The molecule has 1 amide bonds. The van der Waals surface area contributed by atoms with Crippen molar-refractivity contribution in [3.05, 3.63) is 89.5 Å². The number of ether oxygens (including phenoxy) is 3. The molecule has 0 unspecified atom stereocenters. The second-order valence-electron chi connectivity index (χ2n) is 7.16. The predicted octanol–water partition coefficient (Wildman–Crippen LogP) is 4.70. The fourth-order valence-corrected chi connectivity index (χ4v) is 3.67. The van der Waals surface area contributed by atoms with Gasteiger partial charge in [0.1, 0.15) is 17.2 Å². The van der Waals surface area contributed by atoms with Gasteiger partial charge in [-0.2, -0.15) is 5.10 Å². The van der Waals surface area contributed by atoms with Gasteiger partial charge in [0.05, 0.1) is 33.1 Å². The summed E-state index contributed by atoms with van der Waals surface area (Å²) in [5.41, 5.74) is 3.18. The zero-order chi connectivity index (χ0) is 21.8. The predicted molar refractivity (Wildman–Crippen MR) is 119 cm³/mol. The Morgan fingerprint density at radius 3 is 2.16 bits per heavy atom. The van der Waals surface area contributed by atoms with E-state index in [1.165, 1.54) is 0 Å². The summed E-state index contributed by atoms with van der Waals surface area (Å²) < 4.78 is 16.2. The lowest BCUT2D eigenvalue weighted by atomic mass is 9.97. The number of carbonyl (C=O) groups excluding carboxylic acids is 1. The maximum Gasteiger partial charge on any atom is 0.274 e. The second-order valence-corrected chi connectivity index (χ2v) is 7.16. The average molecular weight is 416 g/mol. The summed E-state index contributed by atoms with van der Waals surface area (Å²) in [4.78, 5) is 13.3. The van der Waals surface area contributed by atoms with Gasteiger partial charge in [0, 0.05) is 23.6 Å². The van der Waals surface area contributed by atoms with E-state index in [1.807, 2.05) is 60.7 Å². The Labute approximate surface area is 181 Å². The first-order valence-electron chi connectivity index (χ1n) is 9.96. The molecule has 1 aliphatic heterocycles. The van der Waals surface area contributed by atoms with Crippen LogP contribution >= 0.6 is 0 Å². The molecule has 0 saturated carbocycles. The summed E-state index contributed by atoms with van der Waals surface area (Å²) in [7, 11) is 4.85. The lowest BCUT2D eigenvalue weighted by Crippen LogP contribution is -2.27. The molecule has 0 aromatic heterocycles. The summed E-state index contributed by atoms with van der Waals surface area (Å²) in [6, 6.07) is 22.3. The summed E-state index contributed by atoms with van der Waals surface area (Å²) in [5, 5.41) is 6.31. The van der Waals surface area contributed by atoms with Gasteiger partial charge >= 0.3 is 0 Å². The minimum Gasteiger partial charge on any atom is -0.497 e. The SMILES string of the molecule is COc1cc(OC)cc(C2=NN(C(=O)c3ccccc3)[C@H](c3cccc(OC)c3)C2)c1. The lowest BCUT2D eigenvalue weighted by molar-refractivity contribution is 0.0711. The molecule has 0 aliphatic carbocycles. The van der Waals surface area contributed by atoms with Crippen LogP contribution in [0.1, 0.15) is 33.9 Å². The molecule has 1 heterocycles. The van der Waals surface area contributed by atoms with Gasteiger partial charge in [-0.3, -0.25) is 4.79 Å². The molecule has 0 N–H and O–H groups in total. The molecular weight excluding hydrogens is 392 g/mol. The fourth-order valence-electron chi connectivity index (χ4n) is 3.67. The number of hydrogen-bond donors (Lipinski definition) is 0. The fraction of sp³-hybridized carbons (Fsp3) is 0.200. The first kappa shape index (κ1) is 20.5. The van der Waals surface area contributed by atoms with E-state index >= 15 is 0 Å². The molecule has 0 saturated heterocycles. The number of nitrogens with zero attached hydrogens (tertiary/aromatic N) is 2. The molecule has 6 nitrogen and oxygen atoms in total. The molecule has 1 aliphatic rings. The molecule has 1 atom stereocenters. The Kier molecular flexibility index (Phi) is 5.89. The van der Waals surface area contributed by atoms with Crippen molar-refractivity contribution in [2.24, 2.45) is 5.10 Å². The van der Waals surface area contributed by atoms with Crippen molar-refractivity contribution in [3.63, 3.8) is 0 Å². The third-order valence-electron chi connectivity index (χ3n) is 5.30. The normalized spacial score (nSPS) is 15.4. The number of hydrazone groups is 1. The topological polar surface area (TPSA) is 60.4 Å². The van der Waals surface area contributed by atoms with E-state index in [0.717, 1.165) is 22.6 Å². The average Bonchev–Trinajstić information content (AvgIpc) is 3.29. The highest BCUT2D eigenvalue weighted by atomic mass is 16.5. The van der Waals surface area contributed by atoms with E-state index in [1.54, 1.807) is 38.5 Å². The van der Waals surface area contributed by atoms with Crippen LogP contribution in [0.2, 0.25) is 0 Å². The second kappa shape index (κ2) is 8.92. The first-order valence-corrected chi connectivity index (χ1v) is 9.96. The Balaban J connectivity index is 1.77. The zero-order valence-electron chi connectivity index (χ0n) is 17.7. The van der Waals surface area contributed by atoms with Crippen molar-refractivity contribution >= 4 is 11.6 Å². The zero-order valence-corrected chi connectivity index (χ0v) is 17.7. The van der Waals surface area contributed by atoms with Crippen LogP contribution in [-0.4, -0.2) is 38.0 Å². The van der Waals surface area contributed by atoms with Crippen molar-refractivity contribution < 1.29 is 19.0 Å². The van der Waals surface area contributed by atoms with E-state index in [-0.39, 0.29) is 11.9 Å². The van der Waals surface area contributed by atoms with Crippen LogP contribution in [0.3, 0.4) is 0 Å². The highest BCUT2D eigenvalue weighted by Gasteiger charge is 2.34. The van der Waals surface area contributed by atoms with E-state index < -0.39 is 0 Å². The monoisotopic (exact) mass is 416 g/mol. The van der Waals surface area contributed by atoms with Crippen molar-refractivity contribution in [3.8, 4) is 17.2 Å². The van der Waals surface area contributed by atoms with Gasteiger partial charge in [0.25, 0.3) is 5.91 Å². The maximum absolute atomic E-state index is 13.3. The highest BCUT2D eigenvalue weighted by molar-refractivity contribution is 6.05. The molecule has 0 radical (unpaired) electrons. The Hall–Kier alpha value is -3.80. The van der Waals surface area contributed by atoms with Crippen LogP contribution < -0.4 is 14.2 Å². The Morgan fingerprint density at radius 1 is 0.839 bits per heavy atom. The molecule has 4 rings (SSSR count). The quantitative estimate of drug-likeness (QED) is 0.584. The summed E-state index contributed by atoms with van der Waals surface area (Å²) in [6.45, 7) is 0. The smallest absolute Gasteiger partial charge is 0.274 e. The molecule has 31 heavy (non-hydrogen) atoms. The van der Waals surface area contributed by atoms with Gasteiger partial charge in [0.15, 0.2) is 0 Å². The van der Waals surface area contributed by atoms with Gasteiger partial charge in [0.2, 0.25) is 0 Å². The number of benzene rings is 3. The van der Waals surface area contributed by atoms with Gasteiger partial charge in [-0.1, -0.05) is 30.3 Å². The molecular formula is C25H24N2O4. The molecule has 3 aromatic carbocycles. The van der Waals surface area contributed by atoms with E-state index in [4.69, 9.17) is 19.3 Å². The van der Waals surface area contributed by atoms with Crippen LogP contribution in [0, 0.1) is 0 Å². The molecule has 0 spiro atoms. The van der Waals surface area contributed by atoms with Crippen LogP contribution in [-0.2, 0) is 0 Å². The van der Waals surface area contributed by atoms with Crippen LogP contribution in [0.25, 0.3) is 0 Å². The van der Waals surface area contributed by atoms with Crippen LogP contribution in [0.15, 0.2) is 77.9 Å². The van der Waals surface area contributed by atoms with E-state index in [9.17, 15) is 4.79 Å². The van der Waals surface area contributed by atoms with Crippen molar-refractivity contribution in [2.75, 3.05) is 21.3 Å². The summed E-state index contributed by atoms with van der Waals surface area (Å²) in [6.07, 6.45) is 0.558. The van der Waals surface area contributed by atoms with Gasteiger partial charge in [-0.25, -0.2) is 5.01 Å². The van der Waals surface area contributed by atoms with Gasteiger partial charge < -0.3 is 14.2 Å².